The summed E-state index contributed by atoms with van der Waals surface area (Å²) < 4.78 is 5.18. The van der Waals surface area contributed by atoms with Crippen LogP contribution in [-0.4, -0.2) is 10.9 Å². The van der Waals surface area contributed by atoms with Gasteiger partial charge in [-0.2, -0.15) is 0 Å². The fourth-order valence-corrected chi connectivity index (χ4v) is 5.22. The molecule has 0 unspecified atom stereocenters. The van der Waals surface area contributed by atoms with Crippen molar-refractivity contribution in [2.75, 3.05) is 0 Å². The molecule has 0 aliphatic heterocycles. The molecule has 5 heteroatoms. The number of nitro benzene ring substituents is 1. The van der Waals surface area contributed by atoms with Crippen molar-refractivity contribution in [2.45, 2.75) is 38.5 Å². The van der Waals surface area contributed by atoms with E-state index in [0.717, 1.165) is 37.0 Å². The molecule has 4 aliphatic rings. The molecule has 0 saturated heterocycles. The van der Waals surface area contributed by atoms with Gasteiger partial charge in [0.05, 0.1) is 4.92 Å². The lowest BCUT2D eigenvalue weighted by Gasteiger charge is -2.54. The molecule has 4 aliphatic carbocycles. The number of esters is 1. The summed E-state index contributed by atoms with van der Waals surface area (Å²) in [7, 11) is 0. The molecular weight excluding hydrogens is 306 g/mol. The maximum Gasteiger partial charge on any atom is 0.389 e. The number of carbonyl (C=O) groups excluding carboxylic acids is 1. The van der Waals surface area contributed by atoms with Crippen LogP contribution in [0.4, 0.5) is 5.69 Å². The summed E-state index contributed by atoms with van der Waals surface area (Å²) in [5, 5.41) is 10.6. The second-order valence-corrected chi connectivity index (χ2v) is 7.59. The second kappa shape index (κ2) is 5.62. The molecule has 1 aromatic rings. The van der Waals surface area contributed by atoms with Crippen LogP contribution in [-0.2, 0) is 4.79 Å². The molecule has 0 aromatic heterocycles. The molecule has 0 atom stereocenters. The van der Waals surface area contributed by atoms with E-state index >= 15 is 0 Å². The number of benzene rings is 1. The topological polar surface area (TPSA) is 69.4 Å². The van der Waals surface area contributed by atoms with Crippen LogP contribution in [0.15, 0.2) is 24.3 Å². The van der Waals surface area contributed by atoms with Gasteiger partial charge in [-0.05, 0) is 68.4 Å². The Morgan fingerprint density at radius 2 is 1.62 bits per heavy atom. The van der Waals surface area contributed by atoms with Crippen molar-refractivity contribution < 1.29 is 14.5 Å². The zero-order chi connectivity index (χ0) is 16.7. The van der Waals surface area contributed by atoms with Crippen molar-refractivity contribution in [2.24, 2.45) is 23.2 Å². The summed E-state index contributed by atoms with van der Waals surface area (Å²) in [5.74, 6) is 7.99. The molecule has 1 aromatic carbocycles. The summed E-state index contributed by atoms with van der Waals surface area (Å²) in [6.45, 7) is 0. The standard InChI is InChI=1S/C19H19NO4/c21-18(24-17-3-1-16(2-4-17)20(22)23)5-6-19-10-13-7-14(11-19)9-15(8-13)12-19/h1-4,13-15H,7-12H2. The van der Waals surface area contributed by atoms with Crippen molar-refractivity contribution in [1.29, 1.82) is 0 Å². The molecule has 4 saturated carbocycles. The summed E-state index contributed by atoms with van der Waals surface area (Å²) in [5.41, 5.74) is -0.0158. The average Bonchev–Trinajstić information content (AvgIpc) is 2.52. The van der Waals surface area contributed by atoms with Gasteiger partial charge >= 0.3 is 5.97 Å². The molecule has 24 heavy (non-hydrogen) atoms. The van der Waals surface area contributed by atoms with Crippen LogP contribution >= 0.6 is 0 Å². The Balaban J connectivity index is 1.43. The number of carbonyl (C=O) groups is 1. The Morgan fingerprint density at radius 1 is 1.08 bits per heavy atom. The summed E-state index contributed by atoms with van der Waals surface area (Å²) in [6.07, 6.45) is 7.39. The van der Waals surface area contributed by atoms with E-state index in [1.54, 1.807) is 0 Å². The predicted octanol–water partition coefficient (Wildman–Crippen LogP) is 3.72. The lowest BCUT2D eigenvalue weighted by molar-refractivity contribution is -0.384. The van der Waals surface area contributed by atoms with E-state index in [0.29, 0.717) is 0 Å². The van der Waals surface area contributed by atoms with E-state index in [1.165, 1.54) is 43.5 Å². The van der Waals surface area contributed by atoms with Gasteiger partial charge in [-0.25, -0.2) is 4.79 Å². The van der Waals surface area contributed by atoms with Gasteiger partial charge in [-0.3, -0.25) is 10.1 Å². The Kier molecular flexibility index (Phi) is 3.56. The minimum absolute atomic E-state index is 0.0171. The van der Waals surface area contributed by atoms with E-state index in [4.69, 9.17) is 4.74 Å². The number of nitrogens with zero attached hydrogens (tertiary/aromatic N) is 1. The highest BCUT2D eigenvalue weighted by Gasteiger charge is 2.50. The number of hydrogen-bond acceptors (Lipinski definition) is 4. The third-order valence-corrected chi connectivity index (χ3v) is 5.73. The normalized spacial score (nSPS) is 32.8. The molecule has 5 nitrogen and oxygen atoms in total. The van der Waals surface area contributed by atoms with Gasteiger partial charge < -0.3 is 4.74 Å². The molecule has 0 radical (unpaired) electrons. The van der Waals surface area contributed by atoms with Crippen molar-refractivity contribution in [3.05, 3.63) is 34.4 Å². The van der Waals surface area contributed by atoms with E-state index in [1.807, 2.05) is 0 Å². The van der Waals surface area contributed by atoms with Gasteiger partial charge in [-0.1, -0.05) is 5.92 Å². The van der Waals surface area contributed by atoms with Gasteiger partial charge in [0, 0.05) is 23.5 Å². The number of rotatable bonds is 2. The van der Waals surface area contributed by atoms with Crippen LogP contribution in [0.1, 0.15) is 38.5 Å². The quantitative estimate of drug-likeness (QED) is 0.207. The van der Waals surface area contributed by atoms with Crippen LogP contribution in [0.2, 0.25) is 0 Å². The Hall–Kier alpha value is -2.35. The zero-order valence-corrected chi connectivity index (χ0v) is 13.4. The lowest BCUT2D eigenvalue weighted by Crippen LogP contribution is -2.45. The first-order chi connectivity index (χ1) is 11.5. The minimum Gasteiger partial charge on any atom is -0.417 e. The first-order valence-electron chi connectivity index (χ1n) is 8.51. The molecule has 4 fully saturated rings. The summed E-state index contributed by atoms with van der Waals surface area (Å²) >= 11 is 0. The van der Waals surface area contributed by atoms with Crippen LogP contribution < -0.4 is 4.74 Å². The molecule has 0 amide bonds. The lowest BCUT2D eigenvalue weighted by atomic mass is 9.50. The third-order valence-electron chi connectivity index (χ3n) is 5.73. The Morgan fingerprint density at radius 3 is 2.12 bits per heavy atom. The number of nitro groups is 1. The maximum atomic E-state index is 12.0. The van der Waals surface area contributed by atoms with E-state index in [2.05, 4.69) is 11.8 Å². The van der Waals surface area contributed by atoms with Crippen molar-refractivity contribution >= 4 is 11.7 Å². The van der Waals surface area contributed by atoms with E-state index in [9.17, 15) is 14.9 Å². The SMILES string of the molecule is O=C(C#CC12CC3CC(CC(C3)C1)C2)Oc1ccc([N+](=O)[O-])cc1. The molecule has 5 rings (SSSR count). The van der Waals surface area contributed by atoms with E-state index < -0.39 is 10.9 Å². The monoisotopic (exact) mass is 325 g/mol. The highest BCUT2D eigenvalue weighted by molar-refractivity contribution is 5.90. The highest BCUT2D eigenvalue weighted by atomic mass is 16.6. The van der Waals surface area contributed by atoms with E-state index in [-0.39, 0.29) is 16.9 Å². The number of ether oxygens (including phenoxy) is 1. The van der Waals surface area contributed by atoms with Crippen molar-refractivity contribution in [1.82, 2.24) is 0 Å². The van der Waals surface area contributed by atoms with Gasteiger partial charge in [-0.15, -0.1) is 0 Å². The molecule has 124 valence electrons. The summed E-state index contributed by atoms with van der Waals surface area (Å²) in [6, 6.07) is 5.47. The Bertz CT molecular complexity index is 706. The van der Waals surface area contributed by atoms with Gasteiger partial charge in [0.25, 0.3) is 5.69 Å². The third kappa shape index (κ3) is 2.89. The van der Waals surface area contributed by atoms with Crippen LogP contribution in [0.3, 0.4) is 0 Å². The van der Waals surface area contributed by atoms with Crippen LogP contribution in [0, 0.1) is 45.1 Å². The van der Waals surface area contributed by atoms with Gasteiger partial charge in [0.2, 0.25) is 0 Å². The van der Waals surface area contributed by atoms with Crippen LogP contribution in [0.25, 0.3) is 0 Å². The fourth-order valence-electron chi connectivity index (χ4n) is 5.22. The van der Waals surface area contributed by atoms with Crippen molar-refractivity contribution in [3.63, 3.8) is 0 Å². The van der Waals surface area contributed by atoms with Crippen LogP contribution in [0.5, 0.6) is 5.75 Å². The molecular formula is C19H19NO4. The molecule has 0 spiro atoms. The Labute approximate surface area is 140 Å². The summed E-state index contributed by atoms with van der Waals surface area (Å²) in [4.78, 5) is 22.1. The second-order valence-electron chi connectivity index (χ2n) is 7.59. The van der Waals surface area contributed by atoms with Gasteiger partial charge in [0.1, 0.15) is 5.75 Å². The average molecular weight is 325 g/mol. The van der Waals surface area contributed by atoms with Gasteiger partial charge in [0.15, 0.2) is 0 Å². The smallest absolute Gasteiger partial charge is 0.389 e. The largest absolute Gasteiger partial charge is 0.417 e. The highest BCUT2D eigenvalue weighted by Crippen LogP contribution is 2.59. The molecule has 0 N–H and O–H groups in total. The van der Waals surface area contributed by atoms with Crippen molar-refractivity contribution in [3.8, 4) is 17.6 Å². The minimum atomic E-state index is -0.584. The zero-order valence-electron chi connectivity index (χ0n) is 13.4. The molecule has 4 bridgehead atoms. The first kappa shape index (κ1) is 15.2. The molecule has 0 heterocycles. The predicted molar refractivity (Wildman–Crippen MR) is 87.1 cm³/mol. The fraction of sp³-hybridized carbons (Fsp3) is 0.526. The number of hydrogen-bond donors (Lipinski definition) is 0. The number of non-ortho nitro benzene ring substituents is 1. The first-order valence-corrected chi connectivity index (χ1v) is 8.51. The maximum absolute atomic E-state index is 12.0.